The Balaban J connectivity index is 1.86. The highest BCUT2D eigenvalue weighted by atomic mass is 19.1. The van der Waals surface area contributed by atoms with E-state index in [1.54, 1.807) is 19.4 Å². The van der Waals surface area contributed by atoms with Crippen molar-refractivity contribution in [3.8, 4) is 17.9 Å². The Morgan fingerprint density at radius 3 is 2.65 bits per heavy atom. The minimum atomic E-state index is -0.634. The van der Waals surface area contributed by atoms with Crippen LogP contribution in [-0.2, 0) is 4.74 Å². The Hall–Kier alpha value is -3.21. The lowest BCUT2D eigenvalue weighted by Crippen LogP contribution is -2.23. The zero-order chi connectivity index (χ0) is 22.2. The van der Waals surface area contributed by atoms with Gasteiger partial charge in [-0.15, -0.1) is 5.26 Å². The van der Waals surface area contributed by atoms with Gasteiger partial charge < -0.3 is 19.5 Å². The molecule has 0 amide bonds. The van der Waals surface area contributed by atoms with Crippen molar-refractivity contribution < 1.29 is 18.6 Å². The number of rotatable bonds is 10. The maximum absolute atomic E-state index is 14.4. The molecule has 2 atom stereocenters. The molecule has 31 heavy (non-hydrogen) atoms. The molecule has 0 bridgehead atoms. The van der Waals surface area contributed by atoms with Gasteiger partial charge in [-0.3, -0.25) is 0 Å². The highest BCUT2D eigenvalue weighted by Gasteiger charge is 2.18. The SMILES string of the molecule is CCOCCNC(C)c1cnc(OC(C)c2cc(OC#N)ccc2F)c2ccccc12. The number of nitrogens with one attached hydrogen (secondary N) is 1. The van der Waals surface area contributed by atoms with Crippen LogP contribution in [0.2, 0.25) is 0 Å². The van der Waals surface area contributed by atoms with Crippen molar-refractivity contribution in [1.82, 2.24) is 10.3 Å². The fourth-order valence-electron chi connectivity index (χ4n) is 3.41. The number of pyridine rings is 1. The molecular formula is C24H26FN3O3. The molecule has 1 N–H and O–H groups in total. The summed E-state index contributed by atoms with van der Waals surface area (Å²) in [7, 11) is 0. The van der Waals surface area contributed by atoms with E-state index in [1.165, 1.54) is 18.2 Å². The van der Waals surface area contributed by atoms with Crippen LogP contribution in [-0.4, -0.2) is 24.7 Å². The third-order valence-electron chi connectivity index (χ3n) is 5.01. The molecule has 0 aliphatic rings. The Bertz CT molecular complexity index is 1070. The summed E-state index contributed by atoms with van der Waals surface area (Å²) in [5.41, 5.74) is 1.33. The van der Waals surface area contributed by atoms with E-state index in [9.17, 15) is 4.39 Å². The molecule has 2 aromatic carbocycles. The second-order valence-corrected chi connectivity index (χ2v) is 7.07. The number of nitrogens with zero attached hydrogens (tertiary/aromatic N) is 2. The van der Waals surface area contributed by atoms with Gasteiger partial charge in [-0.25, -0.2) is 9.37 Å². The van der Waals surface area contributed by atoms with Gasteiger partial charge in [0.25, 0.3) is 6.26 Å². The van der Waals surface area contributed by atoms with Crippen molar-refractivity contribution in [2.45, 2.75) is 32.9 Å². The minimum absolute atomic E-state index is 0.0709. The summed E-state index contributed by atoms with van der Waals surface area (Å²) >= 11 is 0. The summed E-state index contributed by atoms with van der Waals surface area (Å²) in [6.07, 6.45) is 2.74. The normalized spacial score (nSPS) is 12.9. The summed E-state index contributed by atoms with van der Waals surface area (Å²) in [6, 6.07) is 12.0. The fraction of sp³-hybridized carbons (Fsp3) is 0.333. The molecule has 0 saturated heterocycles. The van der Waals surface area contributed by atoms with E-state index in [0.29, 0.717) is 19.1 Å². The molecule has 0 fully saturated rings. The van der Waals surface area contributed by atoms with E-state index in [0.717, 1.165) is 22.9 Å². The monoisotopic (exact) mass is 423 g/mol. The molecule has 3 rings (SSSR count). The van der Waals surface area contributed by atoms with Gasteiger partial charge in [0.15, 0.2) is 0 Å². The van der Waals surface area contributed by atoms with Gasteiger partial charge >= 0.3 is 0 Å². The van der Waals surface area contributed by atoms with Crippen LogP contribution >= 0.6 is 0 Å². The van der Waals surface area contributed by atoms with Gasteiger partial charge in [-0.1, -0.05) is 18.2 Å². The van der Waals surface area contributed by atoms with Crippen molar-refractivity contribution in [2.24, 2.45) is 0 Å². The van der Waals surface area contributed by atoms with Gasteiger partial charge in [0.1, 0.15) is 17.7 Å². The number of ether oxygens (including phenoxy) is 3. The summed E-state index contributed by atoms with van der Waals surface area (Å²) in [6.45, 7) is 7.85. The van der Waals surface area contributed by atoms with Gasteiger partial charge in [0.05, 0.1) is 6.61 Å². The highest BCUT2D eigenvalue weighted by Crippen LogP contribution is 2.33. The molecule has 3 aromatic rings. The predicted molar refractivity (Wildman–Crippen MR) is 116 cm³/mol. The maximum atomic E-state index is 14.4. The minimum Gasteiger partial charge on any atom is -0.469 e. The smallest absolute Gasteiger partial charge is 0.292 e. The molecule has 0 aliphatic carbocycles. The average molecular weight is 423 g/mol. The van der Waals surface area contributed by atoms with Crippen molar-refractivity contribution >= 4 is 10.8 Å². The van der Waals surface area contributed by atoms with Crippen LogP contribution in [0.3, 0.4) is 0 Å². The third-order valence-corrected chi connectivity index (χ3v) is 5.01. The number of benzene rings is 2. The molecule has 1 aromatic heterocycles. The van der Waals surface area contributed by atoms with Crippen LogP contribution in [0, 0.1) is 17.3 Å². The number of hydrogen-bond donors (Lipinski definition) is 1. The first kappa shape index (κ1) is 22.5. The average Bonchev–Trinajstić information content (AvgIpc) is 2.78. The Labute approximate surface area is 181 Å². The first-order valence-corrected chi connectivity index (χ1v) is 10.3. The van der Waals surface area contributed by atoms with Crippen molar-refractivity contribution in [3.63, 3.8) is 0 Å². The van der Waals surface area contributed by atoms with Crippen molar-refractivity contribution in [1.29, 1.82) is 5.26 Å². The first-order valence-electron chi connectivity index (χ1n) is 10.3. The number of nitriles is 1. The van der Waals surface area contributed by atoms with E-state index in [2.05, 4.69) is 17.2 Å². The van der Waals surface area contributed by atoms with Gasteiger partial charge in [-0.2, -0.15) is 0 Å². The number of fused-ring (bicyclic) bond motifs is 1. The van der Waals surface area contributed by atoms with E-state index in [-0.39, 0.29) is 17.4 Å². The zero-order valence-electron chi connectivity index (χ0n) is 17.9. The van der Waals surface area contributed by atoms with Crippen LogP contribution in [0.15, 0.2) is 48.7 Å². The molecule has 0 spiro atoms. The van der Waals surface area contributed by atoms with Crippen LogP contribution in [0.25, 0.3) is 10.8 Å². The van der Waals surface area contributed by atoms with Gasteiger partial charge in [-0.05, 0) is 56.0 Å². The van der Waals surface area contributed by atoms with Crippen LogP contribution < -0.4 is 14.8 Å². The molecule has 1 heterocycles. The number of halogens is 1. The molecule has 0 radical (unpaired) electrons. The lowest BCUT2D eigenvalue weighted by atomic mass is 10.0. The predicted octanol–water partition coefficient (Wildman–Crippen LogP) is 5.06. The van der Waals surface area contributed by atoms with E-state index < -0.39 is 11.9 Å². The maximum Gasteiger partial charge on any atom is 0.292 e. The molecular weight excluding hydrogens is 397 g/mol. The first-order chi connectivity index (χ1) is 15.0. The van der Waals surface area contributed by atoms with E-state index >= 15 is 0 Å². The van der Waals surface area contributed by atoms with Crippen LogP contribution in [0.5, 0.6) is 11.6 Å². The lowest BCUT2D eigenvalue weighted by Gasteiger charge is -2.20. The largest absolute Gasteiger partial charge is 0.469 e. The highest BCUT2D eigenvalue weighted by molar-refractivity contribution is 5.89. The quantitative estimate of drug-likeness (QED) is 0.363. The van der Waals surface area contributed by atoms with Gasteiger partial charge in [0.2, 0.25) is 5.88 Å². The Kier molecular flexibility index (Phi) is 7.76. The molecule has 7 heteroatoms. The van der Waals surface area contributed by atoms with Gasteiger partial charge in [0, 0.05) is 36.3 Å². The number of aromatic nitrogens is 1. The van der Waals surface area contributed by atoms with Crippen LogP contribution in [0.1, 0.15) is 44.0 Å². The molecule has 0 aliphatic heterocycles. The van der Waals surface area contributed by atoms with Crippen molar-refractivity contribution in [2.75, 3.05) is 19.8 Å². The topological polar surface area (TPSA) is 76.4 Å². The Morgan fingerprint density at radius 1 is 1.13 bits per heavy atom. The fourth-order valence-corrected chi connectivity index (χ4v) is 3.41. The summed E-state index contributed by atoms with van der Waals surface area (Å²) in [4.78, 5) is 4.53. The van der Waals surface area contributed by atoms with E-state index in [4.69, 9.17) is 19.5 Å². The lowest BCUT2D eigenvalue weighted by molar-refractivity contribution is 0.147. The molecule has 162 valence electrons. The second kappa shape index (κ2) is 10.7. The standard InChI is InChI=1S/C24H26FN3O3/c1-4-29-12-11-27-16(2)22-14-28-24(20-8-6-5-7-19(20)22)31-17(3)21-13-18(30-15-26)9-10-23(21)25/h5-10,13-14,16-17,27H,4,11-12H2,1-3H3. The Morgan fingerprint density at radius 2 is 1.90 bits per heavy atom. The van der Waals surface area contributed by atoms with Crippen molar-refractivity contribution in [3.05, 3.63) is 65.6 Å². The third kappa shape index (κ3) is 5.48. The molecule has 0 saturated carbocycles. The zero-order valence-corrected chi connectivity index (χ0v) is 17.9. The molecule has 2 unspecified atom stereocenters. The van der Waals surface area contributed by atoms with Crippen LogP contribution in [0.4, 0.5) is 4.39 Å². The number of hydrogen-bond acceptors (Lipinski definition) is 6. The summed E-state index contributed by atoms with van der Waals surface area (Å²) < 4.78 is 30.6. The molecule has 6 nitrogen and oxygen atoms in total. The second-order valence-electron chi connectivity index (χ2n) is 7.07. The summed E-state index contributed by atoms with van der Waals surface area (Å²) in [5, 5.41) is 14.0. The summed E-state index contributed by atoms with van der Waals surface area (Å²) in [5.74, 6) is 0.236. The van der Waals surface area contributed by atoms with E-state index in [1.807, 2.05) is 31.2 Å².